The molecule has 1 unspecified atom stereocenters. The van der Waals surface area contributed by atoms with Crippen LogP contribution in [0.4, 0.5) is 0 Å². The summed E-state index contributed by atoms with van der Waals surface area (Å²) in [6, 6.07) is 9.43. The van der Waals surface area contributed by atoms with Crippen LogP contribution in [-0.4, -0.2) is 5.97 Å². The molecule has 0 aromatic heterocycles. The predicted octanol–water partition coefficient (Wildman–Crippen LogP) is 1.55. The first-order chi connectivity index (χ1) is 6.27. The molecular formula is C10H10ClNO2. The van der Waals surface area contributed by atoms with Crippen molar-refractivity contribution in [3.05, 3.63) is 47.7 Å². The summed E-state index contributed by atoms with van der Waals surface area (Å²) in [5.41, 5.74) is 6.99. The second kappa shape index (κ2) is 4.15. The molecule has 3 nitrogen and oxygen atoms in total. The molecule has 0 spiro atoms. The molecule has 0 saturated carbocycles. The van der Waals surface area contributed by atoms with Crippen LogP contribution in [0.15, 0.2) is 42.1 Å². The highest BCUT2D eigenvalue weighted by molar-refractivity contribution is 5.86. The minimum absolute atomic E-state index is 0. The molecule has 1 aliphatic heterocycles. The van der Waals surface area contributed by atoms with Gasteiger partial charge >= 0.3 is 5.97 Å². The summed E-state index contributed by atoms with van der Waals surface area (Å²) in [6.07, 6.45) is 0.922. The van der Waals surface area contributed by atoms with Gasteiger partial charge in [-0.2, -0.15) is 0 Å². The van der Waals surface area contributed by atoms with Crippen LogP contribution >= 0.6 is 12.4 Å². The van der Waals surface area contributed by atoms with Crippen LogP contribution in [0.5, 0.6) is 0 Å². The third-order valence-corrected chi connectivity index (χ3v) is 1.92. The van der Waals surface area contributed by atoms with Gasteiger partial charge in [0.1, 0.15) is 0 Å². The van der Waals surface area contributed by atoms with E-state index in [9.17, 15) is 4.79 Å². The molecule has 4 heteroatoms. The van der Waals surface area contributed by atoms with Crippen molar-refractivity contribution in [1.29, 1.82) is 0 Å². The second-order valence-corrected chi connectivity index (χ2v) is 2.87. The first-order valence-electron chi connectivity index (χ1n) is 4.00. The zero-order valence-corrected chi connectivity index (χ0v) is 8.16. The molecular weight excluding hydrogens is 202 g/mol. The predicted molar refractivity (Wildman–Crippen MR) is 54.8 cm³/mol. The Morgan fingerprint density at radius 1 is 1.21 bits per heavy atom. The fourth-order valence-corrected chi connectivity index (χ4v) is 1.32. The Labute approximate surface area is 88.0 Å². The number of carbonyl (C=O) groups is 1. The van der Waals surface area contributed by atoms with Gasteiger partial charge in [0.15, 0.2) is 6.10 Å². The van der Waals surface area contributed by atoms with E-state index in [1.54, 1.807) is 0 Å². The van der Waals surface area contributed by atoms with Crippen molar-refractivity contribution in [3.63, 3.8) is 0 Å². The molecule has 0 amide bonds. The molecule has 1 atom stereocenters. The number of carbonyl (C=O) groups excluding carboxylic acids is 1. The highest BCUT2D eigenvalue weighted by Crippen LogP contribution is 2.27. The van der Waals surface area contributed by atoms with E-state index in [4.69, 9.17) is 10.5 Å². The van der Waals surface area contributed by atoms with Gasteiger partial charge in [0.2, 0.25) is 0 Å². The molecule has 1 aromatic carbocycles. The third kappa shape index (κ3) is 1.88. The monoisotopic (exact) mass is 211 g/mol. The average molecular weight is 212 g/mol. The van der Waals surface area contributed by atoms with E-state index in [-0.39, 0.29) is 18.4 Å². The number of halogens is 1. The van der Waals surface area contributed by atoms with Crippen molar-refractivity contribution in [2.75, 3.05) is 0 Å². The third-order valence-electron chi connectivity index (χ3n) is 1.92. The van der Waals surface area contributed by atoms with Gasteiger partial charge < -0.3 is 10.5 Å². The number of rotatable bonds is 1. The van der Waals surface area contributed by atoms with E-state index in [0.29, 0.717) is 5.70 Å². The smallest absolute Gasteiger partial charge is 0.333 e. The maximum Gasteiger partial charge on any atom is 0.333 e. The number of cyclic esters (lactones) is 1. The quantitative estimate of drug-likeness (QED) is 0.718. The first-order valence-corrected chi connectivity index (χ1v) is 4.00. The fourth-order valence-electron chi connectivity index (χ4n) is 1.32. The highest BCUT2D eigenvalue weighted by atomic mass is 35.5. The van der Waals surface area contributed by atoms with Crippen molar-refractivity contribution in [3.8, 4) is 0 Å². The Kier molecular flexibility index (Phi) is 3.14. The average Bonchev–Trinajstić information content (AvgIpc) is 2.47. The minimum Gasteiger partial charge on any atom is -0.448 e. The van der Waals surface area contributed by atoms with Crippen LogP contribution in [0.25, 0.3) is 0 Å². The van der Waals surface area contributed by atoms with Crippen LogP contribution in [-0.2, 0) is 9.53 Å². The molecule has 0 saturated heterocycles. The van der Waals surface area contributed by atoms with Crippen molar-refractivity contribution in [2.45, 2.75) is 6.10 Å². The molecule has 2 rings (SSSR count). The lowest BCUT2D eigenvalue weighted by atomic mass is 10.1. The van der Waals surface area contributed by atoms with Crippen molar-refractivity contribution >= 4 is 18.4 Å². The van der Waals surface area contributed by atoms with Crippen LogP contribution < -0.4 is 5.73 Å². The van der Waals surface area contributed by atoms with E-state index < -0.39 is 6.10 Å². The van der Waals surface area contributed by atoms with Crippen molar-refractivity contribution < 1.29 is 9.53 Å². The zero-order valence-electron chi connectivity index (χ0n) is 7.34. The lowest BCUT2D eigenvalue weighted by Gasteiger charge is -2.10. The van der Waals surface area contributed by atoms with E-state index >= 15 is 0 Å². The van der Waals surface area contributed by atoms with Crippen LogP contribution in [0.2, 0.25) is 0 Å². The van der Waals surface area contributed by atoms with Crippen molar-refractivity contribution in [2.24, 2.45) is 5.73 Å². The lowest BCUT2D eigenvalue weighted by Crippen LogP contribution is -2.07. The van der Waals surface area contributed by atoms with Gasteiger partial charge in [0.05, 0.1) is 5.70 Å². The van der Waals surface area contributed by atoms with Crippen LogP contribution in [0.3, 0.4) is 0 Å². The maximum absolute atomic E-state index is 10.9. The summed E-state index contributed by atoms with van der Waals surface area (Å²) in [5, 5.41) is 0. The standard InChI is InChI=1S/C10H9NO2.ClH/c11-8-6-9(12)13-10(8)7-4-2-1-3-5-7;/h1-6,10H,11H2;1H. The van der Waals surface area contributed by atoms with E-state index in [1.807, 2.05) is 30.3 Å². The SMILES string of the molecule is Cl.NC1=CC(=O)OC1c1ccccc1. The second-order valence-electron chi connectivity index (χ2n) is 2.87. The summed E-state index contributed by atoms with van der Waals surface area (Å²) < 4.78 is 5.00. The number of hydrogen-bond donors (Lipinski definition) is 1. The summed E-state index contributed by atoms with van der Waals surface area (Å²) in [4.78, 5) is 10.9. The molecule has 1 heterocycles. The zero-order chi connectivity index (χ0) is 9.26. The molecule has 0 radical (unpaired) electrons. The molecule has 2 N–H and O–H groups in total. The van der Waals surface area contributed by atoms with E-state index in [1.165, 1.54) is 6.08 Å². The first kappa shape index (κ1) is 10.6. The number of ether oxygens (including phenoxy) is 1. The van der Waals surface area contributed by atoms with Gasteiger partial charge in [-0.05, 0) is 5.56 Å². The summed E-state index contributed by atoms with van der Waals surface area (Å²) in [5.74, 6) is -0.369. The number of hydrogen-bond acceptors (Lipinski definition) is 3. The Morgan fingerprint density at radius 3 is 2.36 bits per heavy atom. The van der Waals surface area contributed by atoms with Gasteiger partial charge in [0, 0.05) is 6.08 Å². The van der Waals surface area contributed by atoms with Gasteiger partial charge in [-0.1, -0.05) is 30.3 Å². The topological polar surface area (TPSA) is 52.3 Å². The Bertz CT molecular complexity index is 362. The van der Waals surface area contributed by atoms with E-state index in [0.717, 1.165) is 5.56 Å². The molecule has 0 fully saturated rings. The molecule has 74 valence electrons. The summed E-state index contributed by atoms with van der Waals surface area (Å²) >= 11 is 0. The number of benzene rings is 1. The van der Waals surface area contributed by atoms with Gasteiger partial charge in [-0.15, -0.1) is 12.4 Å². The largest absolute Gasteiger partial charge is 0.448 e. The van der Waals surface area contributed by atoms with Gasteiger partial charge in [-0.3, -0.25) is 0 Å². The number of nitrogens with two attached hydrogens (primary N) is 1. The Morgan fingerprint density at radius 2 is 1.86 bits per heavy atom. The van der Waals surface area contributed by atoms with Gasteiger partial charge in [-0.25, -0.2) is 4.79 Å². The van der Waals surface area contributed by atoms with Crippen molar-refractivity contribution in [1.82, 2.24) is 0 Å². The highest BCUT2D eigenvalue weighted by Gasteiger charge is 2.24. The van der Waals surface area contributed by atoms with Gasteiger partial charge in [0.25, 0.3) is 0 Å². The Hall–Kier alpha value is -1.48. The Balaban J connectivity index is 0.000000980. The van der Waals surface area contributed by atoms with E-state index in [2.05, 4.69) is 0 Å². The number of esters is 1. The normalized spacial score (nSPS) is 19.6. The summed E-state index contributed by atoms with van der Waals surface area (Å²) in [6.45, 7) is 0. The summed E-state index contributed by atoms with van der Waals surface area (Å²) in [7, 11) is 0. The molecule has 14 heavy (non-hydrogen) atoms. The maximum atomic E-state index is 10.9. The molecule has 0 aliphatic carbocycles. The molecule has 1 aliphatic rings. The molecule has 0 bridgehead atoms. The van der Waals surface area contributed by atoms with Crippen LogP contribution in [0.1, 0.15) is 11.7 Å². The fraction of sp³-hybridized carbons (Fsp3) is 0.100. The lowest BCUT2D eigenvalue weighted by molar-refractivity contribution is -0.139. The molecule has 1 aromatic rings. The minimum atomic E-state index is -0.395. The van der Waals surface area contributed by atoms with Crippen LogP contribution in [0, 0.1) is 0 Å².